The van der Waals surface area contributed by atoms with Crippen LogP contribution in [0.4, 0.5) is 69.8 Å². The molecule has 646 valence electrons. The molecule has 0 saturated carbocycles. The van der Waals surface area contributed by atoms with E-state index in [0.717, 1.165) is 209 Å². The van der Waals surface area contributed by atoms with E-state index in [1.165, 1.54) is 64.2 Å². The third kappa shape index (κ3) is 24.2. The number of nitrogens with zero attached hydrogens (tertiary/aromatic N) is 20. The monoisotopic (exact) mass is 1660 g/mol. The Morgan fingerprint density at radius 3 is 0.760 bits per heavy atom. The zero-order valence-corrected chi connectivity index (χ0v) is 70.7. The average molecular weight is 1660 g/mol. The lowest BCUT2D eigenvalue weighted by molar-refractivity contribution is -0.117. The Morgan fingerprint density at radius 2 is 0.554 bits per heavy atom. The van der Waals surface area contributed by atoms with Crippen LogP contribution in [0.15, 0.2) is 73.3 Å². The average Bonchev–Trinajstić information content (AvgIpc) is 0.806. The quantitative estimate of drug-likeness (QED) is 0.0401. The molecule has 35 nitrogen and oxygen atoms in total. The van der Waals surface area contributed by atoms with Crippen LogP contribution in [-0.2, 0) is 38.1 Å². The highest BCUT2D eigenvalue weighted by molar-refractivity contribution is 5.95. The standard InChI is InChI=1S/2C22H31N7O2.C21H29N7O2.C21H28N6O2/c2*1-15-12-18(25-22(30)16(2)23)24-14-17(15)21-26-19(28-6-4-3-5-7-28)13-20(27-21)29-8-10-31-11-9-29;1-15-11-17(24-20(29)13-22)23-14-16(15)21-25-18(27-5-3-2-4-6-27)12-19(26-21)28-7-9-30-10-8-28;1-15-12-18(23-16(2)28)22-14-17(15)21-24-19(26-6-4-3-5-7-26)13-20(25-21)27-8-10-29-11-9-27/h2*12-14,16H,3-11,23H2,1-2H3,(H,24,25,30);11-12,14H,2-10,13,22H2,1H3,(H,23,24,29);12-14H,3-11H2,1-2H3,(H,22,23,28)/t2*16-;;/m10../s1/i;;;2D3. The lowest BCUT2D eigenvalue weighted by Gasteiger charge is -2.31. The fourth-order valence-corrected chi connectivity index (χ4v) is 15.4. The predicted molar refractivity (Wildman–Crippen MR) is 473 cm³/mol. The third-order valence-corrected chi connectivity index (χ3v) is 22.3. The van der Waals surface area contributed by atoms with Crippen molar-refractivity contribution in [2.45, 2.75) is 138 Å². The van der Waals surface area contributed by atoms with Gasteiger partial charge in [0.05, 0.1) is 71.5 Å². The number of hydrogen-bond acceptors (Lipinski definition) is 31. The number of rotatable bonds is 19. The van der Waals surface area contributed by atoms with Crippen LogP contribution in [0.5, 0.6) is 0 Å². The molecular formula is C86H119N27O8. The largest absolute Gasteiger partial charge is 0.378 e. The van der Waals surface area contributed by atoms with Crippen LogP contribution >= 0.6 is 0 Å². The summed E-state index contributed by atoms with van der Waals surface area (Å²) in [6, 6.07) is 14.3. The van der Waals surface area contributed by atoms with E-state index in [4.69, 9.17) is 80.1 Å². The molecule has 8 aromatic heterocycles. The molecule has 4 amide bonds. The van der Waals surface area contributed by atoms with Crippen molar-refractivity contribution in [3.8, 4) is 45.6 Å². The second-order valence-electron chi connectivity index (χ2n) is 31.5. The maximum Gasteiger partial charge on any atom is 0.242 e. The number of aromatic nitrogens is 12. The normalized spacial score (nSPS) is 18.1. The smallest absolute Gasteiger partial charge is 0.242 e. The molecule has 8 fully saturated rings. The van der Waals surface area contributed by atoms with Crippen LogP contribution in [-0.4, -0.2) is 260 Å². The number of hydrogen-bond donors (Lipinski definition) is 7. The van der Waals surface area contributed by atoms with E-state index in [1.807, 2.05) is 52.0 Å². The molecule has 16 heterocycles. The predicted octanol–water partition coefficient (Wildman–Crippen LogP) is 8.12. The highest BCUT2D eigenvalue weighted by Gasteiger charge is 2.28. The molecule has 0 bridgehead atoms. The Labute approximate surface area is 712 Å². The van der Waals surface area contributed by atoms with Gasteiger partial charge in [0.25, 0.3) is 0 Å². The molecule has 16 rings (SSSR count). The summed E-state index contributed by atoms with van der Waals surface area (Å²) in [5, 5.41) is 10.5. The summed E-state index contributed by atoms with van der Waals surface area (Å²) in [4.78, 5) is 122. The first kappa shape index (κ1) is 83.6. The van der Waals surface area contributed by atoms with Gasteiger partial charge in [0, 0.05) is 187 Å². The molecule has 0 spiro atoms. The molecular weight excluding hydrogens is 1540 g/mol. The summed E-state index contributed by atoms with van der Waals surface area (Å²) < 4.78 is 43.7. The van der Waals surface area contributed by atoms with Gasteiger partial charge in [-0.15, -0.1) is 0 Å². The fraction of sp³-hybridized carbons (Fsp3) is 0.535. The fourth-order valence-electron chi connectivity index (χ4n) is 15.4. The summed E-state index contributed by atoms with van der Waals surface area (Å²) in [7, 11) is 0. The number of morpholine rings is 4. The Bertz CT molecular complexity index is 4630. The van der Waals surface area contributed by atoms with Gasteiger partial charge in [0.15, 0.2) is 23.3 Å². The molecule has 8 aliphatic heterocycles. The van der Waals surface area contributed by atoms with Crippen molar-refractivity contribution in [3.63, 3.8) is 0 Å². The summed E-state index contributed by atoms with van der Waals surface area (Å²) in [6.07, 6.45) is 21.2. The zero-order chi connectivity index (χ0) is 87.2. The van der Waals surface area contributed by atoms with E-state index < -0.39 is 24.8 Å². The van der Waals surface area contributed by atoms with Gasteiger partial charge in [-0.1, -0.05) is 0 Å². The lowest BCUT2D eigenvalue weighted by Crippen LogP contribution is -2.37. The summed E-state index contributed by atoms with van der Waals surface area (Å²) in [5.41, 5.74) is 23.6. The minimum absolute atomic E-state index is 0.0770. The van der Waals surface area contributed by atoms with Gasteiger partial charge in [-0.05, 0) is 165 Å². The number of carbonyl (C=O) groups is 4. The van der Waals surface area contributed by atoms with Gasteiger partial charge in [0.1, 0.15) is 69.8 Å². The minimum Gasteiger partial charge on any atom is -0.378 e. The lowest BCUT2D eigenvalue weighted by atomic mass is 10.1. The van der Waals surface area contributed by atoms with Gasteiger partial charge in [-0.2, -0.15) is 0 Å². The van der Waals surface area contributed by atoms with E-state index in [2.05, 4.69) is 98.6 Å². The Balaban J connectivity index is 0.000000142. The van der Waals surface area contributed by atoms with Gasteiger partial charge in [-0.25, -0.2) is 59.8 Å². The maximum atomic E-state index is 11.9. The molecule has 0 radical (unpaired) electrons. The molecule has 121 heavy (non-hydrogen) atoms. The van der Waals surface area contributed by atoms with Gasteiger partial charge in [-0.3, -0.25) is 19.2 Å². The molecule has 35 heteroatoms. The van der Waals surface area contributed by atoms with Crippen LogP contribution in [0.2, 0.25) is 0 Å². The second kappa shape index (κ2) is 42.9. The summed E-state index contributed by atoms with van der Waals surface area (Å²) >= 11 is 0. The first-order valence-corrected chi connectivity index (χ1v) is 42.7. The highest BCUT2D eigenvalue weighted by Crippen LogP contribution is 2.35. The second-order valence-corrected chi connectivity index (χ2v) is 31.5. The van der Waals surface area contributed by atoms with Crippen molar-refractivity contribution in [1.82, 2.24) is 59.8 Å². The van der Waals surface area contributed by atoms with Crippen molar-refractivity contribution < 1.29 is 42.2 Å². The molecule has 0 unspecified atom stereocenters. The molecule has 0 aliphatic carbocycles. The van der Waals surface area contributed by atoms with E-state index in [1.54, 1.807) is 44.7 Å². The first-order valence-electron chi connectivity index (χ1n) is 44.2. The van der Waals surface area contributed by atoms with Crippen molar-refractivity contribution in [1.29, 1.82) is 0 Å². The summed E-state index contributed by atoms with van der Waals surface area (Å²) in [5.74, 6) is 9.67. The van der Waals surface area contributed by atoms with Crippen molar-refractivity contribution >= 4 is 93.4 Å². The third-order valence-electron chi connectivity index (χ3n) is 22.3. The number of nitrogens with two attached hydrogens (primary N) is 3. The van der Waals surface area contributed by atoms with E-state index in [0.29, 0.717) is 93.6 Å². The number of amides is 4. The number of nitrogens with one attached hydrogen (secondary N) is 4. The van der Waals surface area contributed by atoms with Crippen LogP contribution in [0.25, 0.3) is 45.6 Å². The van der Waals surface area contributed by atoms with Gasteiger partial charge in [0.2, 0.25) is 23.6 Å². The van der Waals surface area contributed by atoms with Crippen molar-refractivity contribution in [2.24, 2.45) is 17.2 Å². The van der Waals surface area contributed by atoms with E-state index >= 15 is 0 Å². The van der Waals surface area contributed by atoms with E-state index in [-0.39, 0.29) is 30.1 Å². The molecule has 2 atom stereocenters. The van der Waals surface area contributed by atoms with Crippen LogP contribution in [0.3, 0.4) is 0 Å². The number of piperidine rings is 4. The first-order chi connectivity index (χ1) is 60.0. The molecule has 8 aliphatic rings. The number of aryl methyl sites for hydroxylation is 4. The van der Waals surface area contributed by atoms with E-state index in [9.17, 15) is 19.2 Å². The highest BCUT2D eigenvalue weighted by atomic mass is 16.5. The van der Waals surface area contributed by atoms with Crippen LogP contribution < -0.4 is 77.7 Å². The molecule has 0 aromatic carbocycles. The van der Waals surface area contributed by atoms with Crippen molar-refractivity contribution in [3.05, 3.63) is 95.6 Å². The number of pyridine rings is 4. The number of ether oxygens (including phenoxy) is 4. The minimum atomic E-state index is -2.73. The zero-order valence-electron chi connectivity index (χ0n) is 73.7. The van der Waals surface area contributed by atoms with Gasteiger partial charge >= 0.3 is 0 Å². The Hall–Kier alpha value is -11.1. The molecule has 8 aromatic rings. The van der Waals surface area contributed by atoms with Gasteiger partial charge < -0.3 is 96.6 Å². The topological polar surface area (TPSA) is 412 Å². The molecule has 8 saturated heterocycles. The Morgan fingerprint density at radius 1 is 0.339 bits per heavy atom. The van der Waals surface area contributed by atoms with Crippen LogP contribution in [0, 0.1) is 27.7 Å². The van der Waals surface area contributed by atoms with Crippen molar-refractivity contribution in [2.75, 3.05) is 225 Å². The molecule has 10 N–H and O–H groups in total. The maximum absolute atomic E-state index is 11.9. The Kier molecular flexibility index (Phi) is 29.6. The van der Waals surface area contributed by atoms with Crippen LogP contribution in [0.1, 0.15) is 124 Å². The number of anilines is 12. The summed E-state index contributed by atoms with van der Waals surface area (Å²) in [6.45, 7) is 28.3. The SMILES string of the molecule is Cc1cc(NC(=O)CN)ncc1-c1nc(N2CCCCC2)cc(N2CCOCC2)n1.Cc1cc(NC(=O)[C@@H](C)N)ncc1-c1nc(N2CCCCC2)cc(N2CCOCC2)n1.Cc1cc(NC(=O)[C@H](C)N)ncc1-c1nc(N2CCCCC2)cc(N2CCOCC2)n1.[2H]C([2H])([2H])C(=O)Nc1cc(C)c(-c2nc(N3CCCCC3)cc(N3CCOCC3)n2)cn1. The number of carbonyl (C=O) groups excluding carboxylic acids is 4.